The number of nitrogens with zero attached hydrogens (tertiary/aromatic N) is 2. The number of ether oxygens (including phenoxy) is 2. The Morgan fingerprint density at radius 1 is 1.13 bits per heavy atom. The van der Waals surface area contributed by atoms with Crippen LogP contribution in [0.3, 0.4) is 0 Å². The fourth-order valence-corrected chi connectivity index (χ4v) is 3.82. The molecule has 0 bridgehead atoms. The molecule has 1 fully saturated rings. The molecule has 3 rings (SSSR count). The van der Waals surface area contributed by atoms with Gasteiger partial charge in [0, 0.05) is 32.1 Å². The van der Waals surface area contributed by atoms with Gasteiger partial charge in [0.05, 0.1) is 18.9 Å². The van der Waals surface area contributed by atoms with E-state index in [1.54, 1.807) is 14.2 Å². The molecular weight excluding hydrogens is 507 g/mol. The van der Waals surface area contributed by atoms with Crippen molar-refractivity contribution in [3.63, 3.8) is 0 Å². The molecule has 2 N–H and O–H groups in total. The van der Waals surface area contributed by atoms with Gasteiger partial charge in [-0.2, -0.15) is 0 Å². The van der Waals surface area contributed by atoms with E-state index in [9.17, 15) is 0 Å². The lowest BCUT2D eigenvalue weighted by Gasteiger charge is -2.17. The summed E-state index contributed by atoms with van der Waals surface area (Å²) in [6.07, 6.45) is 6.72. The lowest BCUT2D eigenvalue weighted by atomic mass is 10.1. The van der Waals surface area contributed by atoms with Gasteiger partial charge in [-0.3, -0.25) is 4.99 Å². The van der Waals surface area contributed by atoms with E-state index in [0.29, 0.717) is 19.2 Å². The van der Waals surface area contributed by atoms with E-state index in [1.807, 2.05) is 12.1 Å². The molecule has 1 aromatic heterocycles. The zero-order chi connectivity index (χ0) is 21.3. The summed E-state index contributed by atoms with van der Waals surface area (Å²) in [5.41, 5.74) is 3.22. The first kappa shape index (κ1) is 25.3. The van der Waals surface area contributed by atoms with Gasteiger partial charge in [0.1, 0.15) is 5.76 Å². The number of aliphatic imine (C=N–C) groups is 1. The van der Waals surface area contributed by atoms with Crippen LogP contribution >= 0.6 is 24.0 Å². The van der Waals surface area contributed by atoms with E-state index >= 15 is 0 Å². The van der Waals surface area contributed by atoms with Gasteiger partial charge in [0.2, 0.25) is 0 Å². The Balaban J connectivity index is 0.00000341. The van der Waals surface area contributed by atoms with Crippen LogP contribution in [-0.2, 0) is 25.9 Å². The second-order valence-corrected chi connectivity index (χ2v) is 7.53. The van der Waals surface area contributed by atoms with Crippen molar-refractivity contribution < 1.29 is 14.0 Å². The van der Waals surface area contributed by atoms with Gasteiger partial charge in [-0.05, 0) is 49.8 Å². The van der Waals surface area contributed by atoms with Crippen LogP contribution in [0.2, 0.25) is 0 Å². The van der Waals surface area contributed by atoms with E-state index in [2.05, 4.69) is 40.7 Å². The molecular formula is C23H35IN4O3. The number of hydrogen-bond donors (Lipinski definition) is 2. The Bertz CT molecular complexity index is 826. The first-order valence-electron chi connectivity index (χ1n) is 10.9. The summed E-state index contributed by atoms with van der Waals surface area (Å²) < 4.78 is 17.1. The number of nitrogens with one attached hydrogen (secondary N) is 2. The van der Waals surface area contributed by atoms with E-state index in [-0.39, 0.29) is 24.0 Å². The minimum absolute atomic E-state index is 0. The SMILES string of the molecule is CCc1noc(CC)c1CNC(=NC)NCc1ccc(OC2CCCC2)c(OC)c1.I. The molecule has 0 saturated heterocycles. The third-order valence-corrected chi connectivity index (χ3v) is 5.55. The van der Waals surface area contributed by atoms with Crippen LogP contribution in [0, 0.1) is 0 Å². The van der Waals surface area contributed by atoms with Crippen molar-refractivity contribution in [2.24, 2.45) is 4.99 Å². The van der Waals surface area contributed by atoms with Crippen molar-refractivity contribution in [3.05, 3.63) is 40.8 Å². The Labute approximate surface area is 202 Å². The highest BCUT2D eigenvalue weighted by molar-refractivity contribution is 14.0. The molecule has 1 heterocycles. The predicted octanol–water partition coefficient (Wildman–Crippen LogP) is 4.61. The summed E-state index contributed by atoms with van der Waals surface area (Å²) in [5.74, 6) is 3.25. The molecule has 0 aliphatic heterocycles. The average molecular weight is 542 g/mol. The van der Waals surface area contributed by atoms with Gasteiger partial charge < -0.3 is 24.6 Å². The molecule has 0 radical (unpaired) electrons. The number of rotatable bonds is 9. The van der Waals surface area contributed by atoms with E-state index < -0.39 is 0 Å². The van der Waals surface area contributed by atoms with Gasteiger partial charge >= 0.3 is 0 Å². The minimum Gasteiger partial charge on any atom is -0.493 e. The van der Waals surface area contributed by atoms with Crippen molar-refractivity contribution in [2.45, 2.75) is 71.6 Å². The molecule has 1 aliphatic carbocycles. The van der Waals surface area contributed by atoms with E-state index in [1.165, 1.54) is 12.8 Å². The number of methoxy groups -OCH3 is 1. The molecule has 31 heavy (non-hydrogen) atoms. The lowest BCUT2D eigenvalue weighted by molar-refractivity contribution is 0.200. The molecule has 1 aromatic carbocycles. The summed E-state index contributed by atoms with van der Waals surface area (Å²) in [5, 5.41) is 10.9. The van der Waals surface area contributed by atoms with Crippen molar-refractivity contribution in [3.8, 4) is 11.5 Å². The van der Waals surface area contributed by atoms with Gasteiger partial charge in [-0.25, -0.2) is 0 Å². The minimum atomic E-state index is 0. The fraction of sp³-hybridized carbons (Fsp3) is 0.565. The Morgan fingerprint density at radius 2 is 1.87 bits per heavy atom. The standard InChI is InChI=1S/C23H34N4O3.HI/c1-5-19-18(20(6-2)30-27-19)15-26-23(24-3)25-14-16-11-12-21(22(13-16)28-4)29-17-9-7-8-10-17;/h11-13,17H,5-10,14-15H2,1-4H3,(H2,24,25,26);1H. The van der Waals surface area contributed by atoms with Crippen molar-refractivity contribution in [1.29, 1.82) is 0 Å². The van der Waals surface area contributed by atoms with Crippen LogP contribution in [0.4, 0.5) is 0 Å². The summed E-state index contributed by atoms with van der Waals surface area (Å²) in [6, 6.07) is 6.09. The zero-order valence-electron chi connectivity index (χ0n) is 19.0. The monoisotopic (exact) mass is 542 g/mol. The highest BCUT2D eigenvalue weighted by atomic mass is 127. The van der Waals surface area contributed by atoms with Crippen molar-refractivity contribution in [1.82, 2.24) is 15.8 Å². The largest absolute Gasteiger partial charge is 0.493 e. The molecule has 7 nitrogen and oxygen atoms in total. The maximum absolute atomic E-state index is 6.13. The highest BCUT2D eigenvalue weighted by Crippen LogP contribution is 2.32. The highest BCUT2D eigenvalue weighted by Gasteiger charge is 2.18. The zero-order valence-corrected chi connectivity index (χ0v) is 21.3. The first-order valence-corrected chi connectivity index (χ1v) is 10.9. The first-order chi connectivity index (χ1) is 14.7. The second kappa shape index (κ2) is 12.8. The number of aromatic nitrogens is 1. The second-order valence-electron chi connectivity index (χ2n) is 7.53. The van der Waals surface area contributed by atoms with Crippen LogP contribution in [0.5, 0.6) is 11.5 Å². The molecule has 0 atom stereocenters. The number of benzene rings is 1. The molecule has 2 aromatic rings. The number of aryl methyl sites for hydroxylation is 2. The summed E-state index contributed by atoms with van der Waals surface area (Å²) in [4.78, 5) is 4.33. The maximum atomic E-state index is 6.13. The van der Waals surface area contributed by atoms with E-state index in [4.69, 9.17) is 14.0 Å². The van der Waals surface area contributed by atoms with Crippen LogP contribution in [0.25, 0.3) is 0 Å². The topological polar surface area (TPSA) is 80.9 Å². The van der Waals surface area contributed by atoms with Crippen LogP contribution < -0.4 is 20.1 Å². The third kappa shape index (κ3) is 6.75. The third-order valence-electron chi connectivity index (χ3n) is 5.55. The van der Waals surface area contributed by atoms with Gasteiger partial charge in [0.25, 0.3) is 0 Å². The van der Waals surface area contributed by atoms with Gasteiger partial charge in [0.15, 0.2) is 17.5 Å². The summed E-state index contributed by atoms with van der Waals surface area (Å²) in [6.45, 7) is 5.42. The molecule has 172 valence electrons. The normalized spacial score (nSPS) is 14.3. The quantitative estimate of drug-likeness (QED) is 0.274. The van der Waals surface area contributed by atoms with Crippen molar-refractivity contribution in [2.75, 3.05) is 14.2 Å². The molecule has 0 amide bonds. The Kier molecular flexibility index (Phi) is 10.4. The van der Waals surface area contributed by atoms with Gasteiger partial charge in [-0.15, -0.1) is 24.0 Å². The molecule has 1 saturated carbocycles. The Morgan fingerprint density at radius 3 is 2.52 bits per heavy atom. The summed E-state index contributed by atoms with van der Waals surface area (Å²) >= 11 is 0. The predicted molar refractivity (Wildman–Crippen MR) is 134 cm³/mol. The molecule has 0 spiro atoms. The van der Waals surface area contributed by atoms with E-state index in [0.717, 1.165) is 65.7 Å². The van der Waals surface area contributed by atoms with Crippen LogP contribution in [-0.4, -0.2) is 31.4 Å². The maximum Gasteiger partial charge on any atom is 0.191 e. The molecule has 8 heteroatoms. The summed E-state index contributed by atoms with van der Waals surface area (Å²) in [7, 11) is 3.45. The Hall–Kier alpha value is -1.97. The van der Waals surface area contributed by atoms with Crippen LogP contribution in [0.15, 0.2) is 27.7 Å². The number of guanidine groups is 1. The fourth-order valence-electron chi connectivity index (χ4n) is 3.82. The van der Waals surface area contributed by atoms with Crippen molar-refractivity contribution >= 4 is 29.9 Å². The smallest absolute Gasteiger partial charge is 0.191 e. The van der Waals surface area contributed by atoms with Gasteiger partial charge in [-0.1, -0.05) is 25.1 Å². The van der Waals surface area contributed by atoms with Crippen LogP contribution in [0.1, 0.15) is 62.1 Å². The lowest BCUT2D eigenvalue weighted by Crippen LogP contribution is -2.36. The number of halogens is 1. The molecule has 0 unspecified atom stereocenters. The molecule has 1 aliphatic rings. The average Bonchev–Trinajstić information content (AvgIpc) is 3.43. The number of hydrogen-bond acceptors (Lipinski definition) is 5.